The van der Waals surface area contributed by atoms with Crippen LogP contribution in [-0.2, 0) is 11.4 Å². The number of hydrogen-bond acceptors (Lipinski definition) is 6. The molecule has 192 valence electrons. The van der Waals surface area contributed by atoms with Crippen LogP contribution in [0.25, 0.3) is 6.08 Å². The van der Waals surface area contributed by atoms with Gasteiger partial charge >= 0.3 is 0 Å². The summed E-state index contributed by atoms with van der Waals surface area (Å²) in [6.45, 7) is 7.20. The smallest absolute Gasteiger partial charge is 0.266 e. The fraction of sp³-hybridized carbons (Fsp3) is 0.241. The topological polar surface area (TPSA) is 60.4 Å². The zero-order valence-electron chi connectivity index (χ0n) is 21.3. The Morgan fingerprint density at radius 1 is 1.05 bits per heavy atom. The van der Waals surface area contributed by atoms with E-state index in [1.54, 1.807) is 18.1 Å². The highest BCUT2D eigenvalue weighted by Crippen LogP contribution is 2.40. The van der Waals surface area contributed by atoms with Crippen molar-refractivity contribution in [2.24, 2.45) is 4.99 Å². The van der Waals surface area contributed by atoms with E-state index in [4.69, 9.17) is 25.8 Å². The summed E-state index contributed by atoms with van der Waals surface area (Å²) in [6.07, 6.45) is 1.81. The second-order valence-corrected chi connectivity index (χ2v) is 9.71. The van der Waals surface area contributed by atoms with Gasteiger partial charge in [-0.1, -0.05) is 41.4 Å². The summed E-state index contributed by atoms with van der Waals surface area (Å²) in [5.74, 6) is 1.66. The van der Waals surface area contributed by atoms with Gasteiger partial charge < -0.3 is 14.2 Å². The summed E-state index contributed by atoms with van der Waals surface area (Å²) in [5.41, 5.74) is 3.69. The van der Waals surface area contributed by atoms with E-state index in [9.17, 15) is 4.79 Å². The van der Waals surface area contributed by atoms with E-state index in [0.717, 1.165) is 28.1 Å². The molecule has 0 unspecified atom stereocenters. The fourth-order valence-electron chi connectivity index (χ4n) is 3.82. The number of carbonyl (C=O) groups is 1. The first kappa shape index (κ1) is 26.6. The Kier molecular flexibility index (Phi) is 8.79. The van der Waals surface area contributed by atoms with Crippen LogP contribution in [-0.4, -0.2) is 36.2 Å². The summed E-state index contributed by atoms with van der Waals surface area (Å²) in [4.78, 5) is 20.0. The van der Waals surface area contributed by atoms with Crippen LogP contribution in [0, 0.1) is 6.92 Å². The minimum absolute atomic E-state index is 0.103. The lowest BCUT2D eigenvalue weighted by Gasteiger charge is -2.15. The van der Waals surface area contributed by atoms with Crippen LogP contribution in [0.5, 0.6) is 17.2 Å². The standard InChI is InChI=1S/C29H29ClN2O4S/c1-5-32-28(33)26(37-29(32)31-22-10-12-23(34-4)13-11-22)17-21-15-24(30)27(25(16-21)35-6-2)36-18-20-9-7-8-19(3)14-20/h7-17H,5-6,18H2,1-4H3/b26-17+,31-29?. The van der Waals surface area contributed by atoms with Crippen molar-refractivity contribution >= 4 is 46.2 Å². The van der Waals surface area contributed by atoms with E-state index in [1.807, 2.05) is 75.4 Å². The zero-order valence-corrected chi connectivity index (χ0v) is 22.9. The molecule has 1 fully saturated rings. The molecule has 0 aliphatic carbocycles. The Labute approximate surface area is 226 Å². The summed E-state index contributed by atoms with van der Waals surface area (Å²) in [6, 6.07) is 19.1. The van der Waals surface area contributed by atoms with Gasteiger partial charge in [-0.25, -0.2) is 4.99 Å². The second kappa shape index (κ2) is 12.2. The second-order valence-electron chi connectivity index (χ2n) is 8.29. The first-order valence-electron chi connectivity index (χ1n) is 12.0. The van der Waals surface area contributed by atoms with Gasteiger partial charge in [-0.2, -0.15) is 0 Å². The maximum Gasteiger partial charge on any atom is 0.266 e. The zero-order chi connectivity index (χ0) is 26.4. The van der Waals surface area contributed by atoms with Crippen LogP contribution in [0.15, 0.2) is 70.6 Å². The first-order valence-corrected chi connectivity index (χ1v) is 13.2. The average molecular weight is 537 g/mol. The van der Waals surface area contributed by atoms with Crippen molar-refractivity contribution in [2.45, 2.75) is 27.4 Å². The molecule has 8 heteroatoms. The summed E-state index contributed by atoms with van der Waals surface area (Å²) < 4.78 is 17.1. The number of amides is 1. The molecule has 1 aliphatic heterocycles. The SMILES string of the molecule is CCOc1cc(/C=C2/SC(=Nc3ccc(OC)cc3)N(CC)C2=O)cc(Cl)c1OCc1cccc(C)c1. The molecule has 1 saturated heterocycles. The van der Waals surface area contributed by atoms with E-state index < -0.39 is 0 Å². The molecule has 4 rings (SSSR count). The largest absolute Gasteiger partial charge is 0.497 e. The quantitative estimate of drug-likeness (QED) is 0.269. The number of hydrogen-bond donors (Lipinski definition) is 0. The molecule has 6 nitrogen and oxygen atoms in total. The Morgan fingerprint density at radius 2 is 1.84 bits per heavy atom. The van der Waals surface area contributed by atoms with Gasteiger partial charge in [0.1, 0.15) is 12.4 Å². The Morgan fingerprint density at radius 3 is 2.51 bits per heavy atom. The number of amidine groups is 1. The summed E-state index contributed by atoms with van der Waals surface area (Å²) in [7, 11) is 1.62. The van der Waals surface area contributed by atoms with Gasteiger partial charge in [-0.15, -0.1) is 0 Å². The molecule has 0 radical (unpaired) electrons. The molecule has 3 aromatic rings. The van der Waals surface area contributed by atoms with E-state index in [1.165, 1.54) is 11.8 Å². The molecule has 37 heavy (non-hydrogen) atoms. The Bertz CT molecular complexity index is 1340. The molecule has 0 saturated carbocycles. The van der Waals surface area contributed by atoms with Crippen molar-refractivity contribution in [3.63, 3.8) is 0 Å². The van der Waals surface area contributed by atoms with Crippen molar-refractivity contribution in [1.29, 1.82) is 0 Å². The molecule has 0 bridgehead atoms. The third kappa shape index (κ3) is 6.48. The number of carbonyl (C=O) groups excluding carboxylic acids is 1. The van der Waals surface area contributed by atoms with Crippen LogP contribution >= 0.6 is 23.4 Å². The molecule has 1 aliphatic rings. The highest BCUT2D eigenvalue weighted by Gasteiger charge is 2.32. The molecule has 0 aromatic heterocycles. The van der Waals surface area contributed by atoms with Crippen molar-refractivity contribution in [3.8, 4) is 17.2 Å². The normalized spacial score (nSPS) is 15.5. The van der Waals surface area contributed by atoms with Gasteiger partial charge in [0, 0.05) is 6.54 Å². The number of nitrogens with zero attached hydrogens (tertiary/aromatic N) is 2. The summed E-state index contributed by atoms with van der Waals surface area (Å²) in [5, 5.41) is 1.04. The fourth-order valence-corrected chi connectivity index (χ4v) is 5.16. The number of benzene rings is 3. The molecule has 1 heterocycles. The lowest BCUT2D eigenvalue weighted by atomic mass is 10.1. The highest BCUT2D eigenvalue weighted by molar-refractivity contribution is 8.18. The molecule has 0 N–H and O–H groups in total. The van der Waals surface area contributed by atoms with Crippen LogP contribution in [0.4, 0.5) is 5.69 Å². The van der Waals surface area contributed by atoms with Gasteiger partial charge in [-0.3, -0.25) is 9.69 Å². The van der Waals surface area contributed by atoms with Gasteiger partial charge in [0.2, 0.25) is 0 Å². The number of likely N-dealkylation sites (N-methyl/N-ethyl adjacent to an activating group) is 1. The van der Waals surface area contributed by atoms with Gasteiger partial charge in [0.05, 0.1) is 29.3 Å². The van der Waals surface area contributed by atoms with E-state index >= 15 is 0 Å². The number of thioether (sulfide) groups is 1. The van der Waals surface area contributed by atoms with Crippen LogP contribution < -0.4 is 14.2 Å². The van der Waals surface area contributed by atoms with Crippen molar-refractivity contribution in [2.75, 3.05) is 20.3 Å². The van der Waals surface area contributed by atoms with Crippen LogP contribution in [0.3, 0.4) is 0 Å². The number of methoxy groups -OCH3 is 1. The molecule has 0 spiro atoms. The first-order chi connectivity index (χ1) is 17.9. The van der Waals surface area contributed by atoms with Crippen molar-refractivity contribution in [3.05, 3.63) is 87.3 Å². The molecule has 1 amide bonds. The van der Waals surface area contributed by atoms with Crippen LogP contribution in [0.2, 0.25) is 5.02 Å². The van der Waals surface area contributed by atoms with E-state index in [0.29, 0.717) is 46.4 Å². The molecule has 3 aromatic carbocycles. The van der Waals surface area contributed by atoms with Crippen LogP contribution in [0.1, 0.15) is 30.5 Å². The maximum atomic E-state index is 13.1. The third-order valence-corrected chi connectivity index (χ3v) is 6.88. The number of aryl methyl sites for hydroxylation is 1. The molecular formula is C29H29ClN2O4S. The Balaban J connectivity index is 1.60. The van der Waals surface area contributed by atoms with Crippen molar-refractivity contribution < 1.29 is 19.0 Å². The maximum absolute atomic E-state index is 13.1. The Hall–Kier alpha value is -3.42. The number of ether oxygens (including phenoxy) is 3. The molecular weight excluding hydrogens is 508 g/mol. The van der Waals surface area contributed by atoms with Gasteiger partial charge in [0.25, 0.3) is 5.91 Å². The lowest BCUT2D eigenvalue weighted by Crippen LogP contribution is -2.28. The average Bonchev–Trinajstić information content (AvgIpc) is 3.17. The predicted octanol–water partition coefficient (Wildman–Crippen LogP) is 7.26. The van der Waals surface area contributed by atoms with Gasteiger partial charge in [0.15, 0.2) is 16.7 Å². The number of rotatable bonds is 9. The monoisotopic (exact) mass is 536 g/mol. The minimum Gasteiger partial charge on any atom is -0.497 e. The third-order valence-electron chi connectivity index (χ3n) is 5.60. The molecule has 0 atom stereocenters. The number of halogens is 1. The summed E-state index contributed by atoms with van der Waals surface area (Å²) >= 11 is 7.97. The minimum atomic E-state index is -0.103. The van der Waals surface area contributed by atoms with Crippen molar-refractivity contribution in [1.82, 2.24) is 4.90 Å². The van der Waals surface area contributed by atoms with E-state index in [2.05, 4.69) is 11.1 Å². The lowest BCUT2D eigenvalue weighted by molar-refractivity contribution is -0.122. The highest BCUT2D eigenvalue weighted by atomic mass is 35.5. The van der Waals surface area contributed by atoms with Gasteiger partial charge in [-0.05, 0) is 86.1 Å². The van der Waals surface area contributed by atoms with E-state index in [-0.39, 0.29) is 5.91 Å². The predicted molar refractivity (Wildman–Crippen MR) is 151 cm³/mol. The number of aliphatic imine (C=N–C) groups is 1.